The van der Waals surface area contributed by atoms with Crippen LogP contribution in [0, 0.1) is 12.7 Å². The Morgan fingerprint density at radius 1 is 1.11 bits per heavy atom. The van der Waals surface area contributed by atoms with E-state index in [1.165, 1.54) is 23.3 Å². The molecule has 0 saturated heterocycles. The molecule has 0 saturated carbocycles. The lowest BCUT2D eigenvalue weighted by Crippen LogP contribution is -2.08. The molecular weight excluding hydrogens is 284 g/mol. The van der Waals surface area contributed by atoms with Crippen LogP contribution in [-0.4, -0.2) is 0 Å². The molecule has 100 valence electrons. The summed E-state index contributed by atoms with van der Waals surface area (Å²) < 4.78 is 13.3. The molecule has 2 rings (SSSR count). The average Bonchev–Trinajstić information content (AvgIpc) is 2.36. The zero-order chi connectivity index (χ0) is 14.0. The van der Waals surface area contributed by atoms with Crippen molar-refractivity contribution >= 4 is 28.9 Å². The van der Waals surface area contributed by atoms with Crippen LogP contribution in [0.4, 0.5) is 10.1 Å². The lowest BCUT2D eigenvalue weighted by Gasteiger charge is -2.18. The Hall–Kier alpha value is -1.25. The smallest absolute Gasteiger partial charge is 0.160 e. The molecule has 1 nitrogen and oxygen atoms in total. The van der Waals surface area contributed by atoms with Crippen LogP contribution in [-0.2, 0) is 0 Å². The van der Waals surface area contributed by atoms with Gasteiger partial charge in [0.15, 0.2) is 5.82 Å². The van der Waals surface area contributed by atoms with E-state index in [0.29, 0.717) is 5.69 Å². The molecule has 1 N–H and O–H groups in total. The molecule has 0 aliphatic carbocycles. The van der Waals surface area contributed by atoms with Gasteiger partial charge in [0.1, 0.15) is 0 Å². The molecule has 0 bridgehead atoms. The molecule has 0 spiro atoms. The second-order valence-electron chi connectivity index (χ2n) is 4.48. The van der Waals surface area contributed by atoms with Crippen molar-refractivity contribution in [2.24, 2.45) is 0 Å². The molecule has 1 unspecified atom stereocenters. The predicted octanol–water partition coefficient (Wildman–Crippen LogP) is 5.61. The van der Waals surface area contributed by atoms with Crippen molar-refractivity contribution in [3.8, 4) is 0 Å². The summed E-state index contributed by atoms with van der Waals surface area (Å²) in [6.07, 6.45) is 0. The van der Waals surface area contributed by atoms with Crippen molar-refractivity contribution in [2.45, 2.75) is 19.9 Å². The molecule has 0 radical (unpaired) electrons. The molecule has 1 atom stereocenters. The molecule has 0 aliphatic rings. The minimum Gasteiger partial charge on any atom is -0.378 e. The van der Waals surface area contributed by atoms with Gasteiger partial charge in [0.05, 0.1) is 10.0 Å². The van der Waals surface area contributed by atoms with Crippen molar-refractivity contribution in [1.29, 1.82) is 0 Å². The molecular formula is C15H14Cl2FN. The molecule has 2 aromatic rings. The minimum absolute atomic E-state index is 0.0204. The van der Waals surface area contributed by atoms with E-state index in [1.807, 2.05) is 19.1 Å². The second-order valence-corrected chi connectivity index (χ2v) is 5.29. The largest absolute Gasteiger partial charge is 0.378 e. The Kier molecular flexibility index (Phi) is 4.33. The molecule has 2 aromatic carbocycles. The maximum absolute atomic E-state index is 13.3. The first-order valence-corrected chi connectivity index (χ1v) is 6.71. The Bertz CT molecular complexity index is 575. The highest BCUT2D eigenvalue weighted by molar-refractivity contribution is 6.35. The summed E-state index contributed by atoms with van der Waals surface area (Å²) in [5.74, 6) is -0.586. The Labute approximate surface area is 122 Å². The topological polar surface area (TPSA) is 12.0 Å². The van der Waals surface area contributed by atoms with Crippen LogP contribution >= 0.6 is 23.2 Å². The van der Waals surface area contributed by atoms with E-state index in [2.05, 4.69) is 24.4 Å². The van der Waals surface area contributed by atoms with E-state index in [1.54, 1.807) is 0 Å². The molecule has 0 heterocycles. The van der Waals surface area contributed by atoms with Gasteiger partial charge in [0.2, 0.25) is 0 Å². The fourth-order valence-electron chi connectivity index (χ4n) is 2.04. The summed E-state index contributed by atoms with van der Waals surface area (Å²) in [5, 5.41) is 3.31. The van der Waals surface area contributed by atoms with Crippen LogP contribution < -0.4 is 5.32 Å². The number of nitrogens with one attached hydrogen (secondary N) is 1. The van der Waals surface area contributed by atoms with Crippen LogP contribution in [0.3, 0.4) is 0 Å². The van der Waals surface area contributed by atoms with Gasteiger partial charge in [-0.3, -0.25) is 0 Å². The van der Waals surface area contributed by atoms with Crippen LogP contribution in [0.15, 0.2) is 36.4 Å². The molecule has 0 fully saturated rings. The van der Waals surface area contributed by atoms with E-state index >= 15 is 0 Å². The number of hydrogen-bond acceptors (Lipinski definition) is 1. The standard InChI is InChI=1S/C15H14Cl2FN/c1-9-5-3-4-6-12(9)10(2)19-11-7-13(16)15(18)14(17)8-11/h3-8,10,19H,1-2H3. The maximum atomic E-state index is 13.3. The van der Waals surface area contributed by atoms with Crippen molar-refractivity contribution in [3.63, 3.8) is 0 Å². The third-order valence-corrected chi connectivity index (χ3v) is 3.57. The molecule has 4 heteroatoms. The Morgan fingerprint density at radius 2 is 1.68 bits per heavy atom. The van der Waals surface area contributed by atoms with E-state index in [0.717, 1.165) is 0 Å². The number of benzene rings is 2. The zero-order valence-corrected chi connectivity index (χ0v) is 12.2. The van der Waals surface area contributed by atoms with Gasteiger partial charge >= 0.3 is 0 Å². The van der Waals surface area contributed by atoms with Crippen LogP contribution in [0.5, 0.6) is 0 Å². The summed E-state index contributed by atoms with van der Waals surface area (Å²) in [6.45, 7) is 4.09. The van der Waals surface area contributed by atoms with Gasteiger partial charge in [-0.25, -0.2) is 4.39 Å². The monoisotopic (exact) mass is 297 g/mol. The lowest BCUT2D eigenvalue weighted by molar-refractivity contribution is 0.628. The highest BCUT2D eigenvalue weighted by Gasteiger charge is 2.11. The van der Waals surface area contributed by atoms with E-state index in [4.69, 9.17) is 23.2 Å². The first-order valence-electron chi connectivity index (χ1n) is 5.95. The zero-order valence-electron chi connectivity index (χ0n) is 10.7. The van der Waals surface area contributed by atoms with Crippen molar-refractivity contribution in [1.82, 2.24) is 0 Å². The van der Waals surface area contributed by atoms with Gasteiger partial charge in [-0.2, -0.15) is 0 Å². The third-order valence-electron chi connectivity index (χ3n) is 3.02. The SMILES string of the molecule is Cc1ccccc1C(C)Nc1cc(Cl)c(F)c(Cl)c1. The van der Waals surface area contributed by atoms with E-state index in [-0.39, 0.29) is 16.1 Å². The van der Waals surface area contributed by atoms with Gasteiger partial charge in [0, 0.05) is 11.7 Å². The van der Waals surface area contributed by atoms with Crippen LogP contribution in [0.25, 0.3) is 0 Å². The van der Waals surface area contributed by atoms with Gasteiger partial charge < -0.3 is 5.32 Å². The third kappa shape index (κ3) is 3.20. The predicted molar refractivity (Wildman–Crippen MR) is 79.6 cm³/mol. The fraction of sp³-hybridized carbons (Fsp3) is 0.200. The minimum atomic E-state index is -0.586. The van der Waals surface area contributed by atoms with Crippen LogP contribution in [0.2, 0.25) is 10.0 Å². The average molecular weight is 298 g/mol. The molecule has 19 heavy (non-hydrogen) atoms. The van der Waals surface area contributed by atoms with E-state index in [9.17, 15) is 4.39 Å². The molecule has 0 aliphatic heterocycles. The molecule has 0 aromatic heterocycles. The normalized spacial score (nSPS) is 12.3. The van der Waals surface area contributed by atoms with Crippen LogP contribution in [0.1, 0.15) is 24.1 Å². The number of halogens is 3. The number of hydrogen-bond donors (Lipinski definition) is 1. The summed E-state index contributed by atoms with van der Waals surface area (Å²) in [7, 11) is 0. The molecule has 0 amide bonds. The number of aryl methyl sites for hydroxylation is 1. The maximum Gasteiger partial charge on any atom is 0.160 e. The fourth-order valence-corrected chi connectivity index (χ4v) is 2.53. The van der Waals surface area contributed by atoms with Gasteiger partial charge in [0.25, 0.3) is 0 Å². The van der Waals surface area contributed by atoms with Crippen molar-refractivity contribution in [3.05, 3.63) is 63.4 Å². The second kappa shape index (κ2) is 5.81. The van der Waals surface area contributed by atoms with Gasteiger partial charge in [-0.05, 0) is 37.1 Å². The highest BCUT2D eigenvalue weighted by atomic mass is 35.5. The lowest BCUT2D eigenvalue weighted by atomic mass is 10.0. The number of rotatable bonds is 3. The Balaban J connectivity index is 2.24. The Morgan fingerprint density at radius 3 is 2.26 bits per heavy atom. The highest BCUT2D eigenvalue weighted by Crippen LogP contribution is 2.29. The number of anilines is 1. The van der Waals surface area contributed by atoms with Crippen molar-refractivity contribution in [2.75, 3.05) is 5.32 Å². The quantitative estimate of drug-likeness (QED) is 0.726. The van der Waals surface area contributed by atoms with Crippen molar-refractivity contribution < 1.29 is 4.39 Å². The van der Waals surface area contributed by atoms with Gasteiger partial charge in [-0.15, -0.1) is 0 Å². The first kappa shape index (κ1) is 14.2. The van der Waals surface area contributed by atoms with Gasteiger partial charge in [-0.1, -0.05) is 47.5 Å². The summed E-state index contributed by atoms with van der Waals surface area (Å²) >= 11 is 11.6. The first-order chi connectivity index (χ1) is 8.99. The van der Waals surface area contributed by atoms with E-state index < -0.39 is 5.82 Å². The summed E-state index contributed by atoms with van der Waals surface area (Å²) in [4.78, 5) is 0. The summed E-state index contributed by atoms with van der Waals surface area (Å²) in [6, 6.07) is 11.3. The summed E-state index contributed by atoms with van der Waals surface area (Å²) in [5.41, 5.74) is 3.08.